The first-order valence-electron chi connectivity index (χ1n) is 9.90. The largest absolute Gasteiger partial charge is 0.385 e. The minimum absolute atomic E-state index is 0.0747. The van der Waals surface area contributed by atoms with E-state index in [4.69, 9.17) is 10.5 Å². The summed E-state index contributed by atoms with van der Waals surface area (Å²) in [5.41, 5.74) is 5.38. The Bertz CT molecular complexity index is 1160. The Morgan fingerprint density at radius 3 is 2.61 bits per heavy atom. The summed E-state index contributed by atoms with van der Waals surface area (Å²) in [6.45, 7) is 0.529. The number of nitrogens with zero attached hydrogens (tertiary/aromatic N) is 2. The lowest BCUT2D eigenvalue weighted by atomic mass is 10.1. The van der Waals surface area contributed by atoms with Gasteiger partial charge in [-0.2, -0.15) is 0 Å². The van der Waals surface area contributed by atoms with Gasteiger partial charge in [0.05, 0.1) is 24.0 Å². The van der Waals surface area contributed by atoms with Crippen molar-refractivity contribution in [2.24, 2.45) is 5.92 Å². The third kappa shape index (κ3) is 5.23. The number of carbonyl (C=O) groups excluding carboxylic acids is 1. The van der Waals surface area contributed by atoms with Crippen LogP contribution in [0.25, 0.3) is 0 Å². The van der Waals surface area contributed by atoms with E-state index in [1.807, 2.05) is 30.3 Å². The van der Waals surface area contributed by atoms with Crippen LogP contribution in [0.15, 0.2) is 39.9 Å². The lowest BCUT2D eigenvalue weighted by Crippen LogP contribution is -2.44. The zero-order chi connectivity index (χ0) is 22.6. The fraction of sp³-hybridized carbons (Fsp3) is 0.450. The summed E-state index contributed by atoms with van der Waals surface area (Å²) in [5, 5.41) is 0. The van der Waals surface area contributed by atoms with Crippen molar-refractivity contribution in [2.45, 2.75) is 19.4 Å². The highest BCUT2D eigenvalue weighted by molar-refractivity contribution is 7.91. The number of rotatable bonds is 8. The van der Waals surface area contributed by atoms with Gasteiger partial charge in [0.2, 0.25) is 5.91 Å². The number of sulfone groups is 1. The number of hydrogen-bond acceptors (Lipinski definition) is 7. The number of H-pyrrole nitrogens is 1. The third-order valence-corrected chi connectivity index (χ3v) is 7.01. The van der Waals surface area contributed by atoms with E-state index in [0.29, 0.717) is 13.0 Å². The van der Waals surface area contributed by atoms with Crippen LogP contribution in [0, 0.1) is 5.92 Å². The Labute approximate surface area is 179 Å². The first-order chi connectivity index (χ1) is 14.7. The van der Waals surface area contributed by atoms with Crippen LogP contribution >= 0.6 is 0 Å². The number of aromatic amines is 1. The van der Waals surface area contributed by atoms with Crippen molar-refractivity contribution in [1.29, 1.82) is 0 Å². The minimum atomic E-state index is -3.30. The summed E-state index contributed by atoms with van der Waals surface area (Å²) in [7, 11) is -1.79. The maximum Gasteiger partial charge on any atom is 0.330 e. The van der Waals surface area contributed by atoms with Crippen molar-refractivity contribution < 1.29 is 17.9 Å². The molecule has 3 N–H and O–H groups in total. The topological polar surface area (TPSA) is 145 Å². The lowest BCUT2D eigenvalue weighted by molar-refractivity contribution is -0.121. The second-order valence-electron chi connectivity index (χ2n) is 7.50. The van der Waals surface area contributed by atoms with E-state index in [1.165, 1.54) is 16.6 Å². The standard InChI is InChI=1S/C20H26N4O6S/c1-30-10-5-9-23(19(26)15-8-11-31(28,29)13-15)16-17(21)24(20(27)22-18(16)25)12-14-6-3-2-4-7-14/h2-4,6-7,15H,5,8-13,21H2,1H3,(H,22,25,27). The smallest absolute Gasteiger partial charge is 0.330 e. The molecular formula is C20H26N4O6S. The van der Waals surface area contributed by atoms with Gasteiger partial charge in [-0.3, -0.25) is 19.1 Å². The molecule has 11 heteroatoms. The molecule has 0 saturated carbocycles. The first-order valence-corrected chi connectivity index (χ1v) is 11.7. The van der Waals surface area contributed by atoms with Gasteiger partial charge in [0.25, 0.3) is 5.56 Å². The number of methoxy groups -OCH3 is 1. The first kappa shape index (κ1) is 22.8. The van der Waals surface area contributed by atoms with Crippen molar-refractivity contribution in [3.05, 3.63) is 56.7 Å². The van der Waals surface area contributed by atoms with Gasteiger partial charge in [0.1, 0.15) is 5.82 Å². The normalized spacial score (nSPS) is 17.5. The lowest BCUT2D eigenvalue weighted by Gasteiger charge is -2.26. The number of nitrogens with one attached hydrogen (secondary N) is 1. The molecule has 1 atom stereocenters. The zero-order valence-electron chi connectivity index (χ0n) is 17.2. The van der Waals surface area contributed by atoms with E-state index in [1.54, 1.807) is 0 Å². The molecule has 31 heavy (non-hydrogen) atoms. The summed E-state index contributed by atoms with van der Waals surface area (Å²) in [4.78, 5) is 41.8. The number of hydrogen-bond donors (Lipinski definition) is 2. The second-order valence-corrected chi connectivity index (χ2v) is 9.73. The summed E-state index contributed by atoms with van der Waals surface area (Å²) in [6, 6.07) is 9.07. The van der Waals surface area contributed by atoms with Gasteiger partial charge < -0.3 is 15.4 Å². The van der Waals surface area contributed by atoms with E-state index in [0.717, 1.165) is 5.56 Å². The Balaban J connectivity index is 2.03. The van der Waals surface area contributed by atoms with Gasteiger partial charge in [-0.05, 0) is 18.4 Å². The van der Waals surface area contributed by atoms with Gasteiger partial charge in [-0.25, -0.2) is 13.2 Å². The molecule has 0 bridgehead atoms. The number of nitrogen functional groups attached to an aromatic ring is 1. The van der Waals surface area contributed by atoms with Gasteiger partial charge in [0.15, 0.2) is 15.5 Å². The van der Waals surface area contributed by atoms with Crippen LogP contribution in [0.4, 0.5) is 11.5 Å². The van der Waals surface area contributed by atoms with Crippen molar-refractivity contribution in [3.63, 3.8) is 0 Å². The molecule has 1 aliphatic heterocycles. The van der Waals surface area contributed by atoms with Gasteiger partial charge in [0, 0.05) is 20.3 Å². The van der Waals surface area contributed by atoms with Crippen molar-refractivity contribution in [1.82, 2.24) is 9.55 Å². The molecule has 0 spiro atoms. The molecule has 0 radical (unpaired) electrons. The van der Waals surface area contributed by atoms with E-state index < -0.39 is 32.9 Å². The van der Waals surface area contributed by atoms with Crippen LogP contribution in [0.3, 0.4) is 0 Å². The maximum absolute atomic E-state index is 13.2. The van der Waals surface area contributed by atoms with E-state index in [-0.39, 0.29) is 42.5 Å². The molecule has 10 nitrogen and oxygen atoms in total. The molecule has 168 valence electrons. The summed E-state index contributed by atoms with van der Waals surface area (Å²) in [5.74, 6) is -1.76. The summed E-state index contributed by atoms with van der Waals surface area (Å²) < 4.78 is 30.0. The molecule has 1 amide bonds. The predicted molar refractivity (Wildman–Crippen MR) is 117 cm³/mol. The number of ether oxygens (including phenoxy) is 1. The number of carbonyl (C=O) groups is 1. The molecule has 1 aliphatic rings. The predicted octanol–water partition coefficient (Wildman–Crippen LogP) is -0.0287. The highest BCUT2D eigenvalue weighted by Gasteiger charge is 2.37. The molecule has 1 aromatic carbocycles. The monoisotopic (exact) mass is 450 g/mol. The van der Waals surface area contributed by atoms with Crippen LogP contribution in [-0.2, 0) is 25.9 Å². The van der Waals surface area contributed by atoms with Gasteiger partial charge in [-0.1, -0.05) is 30.3 Å². The molecule has 0 aliphatic carbocycles. The highest BCUT2D eigenvalue weighted by Crippen LogP contribution is 2.25. The Hall–Kier alpha value is -2.92. The van der Waals surface area contributed by atoms with Crippen LogP contribution in [-0.4, -0.2) is 55.6 Å². The molecule has 2 heterocycles. The number of amides is 1. The van der Waals surface area contributed by atoms with Gasteiger partial charge in [-0.15, -0.1) is 0 Å². The molecule has 1 unspecified atom stereocenters. The van der Waals surface area contributed by atoms with Crippen molar-refractivity contribution >= 4 is 27.2 Å². The Kier molecular flexibility index (Phi) is 6.96. The number of anilines is 2. The van der Waals surface area contributed by atoms with Crippen LogP contribution in [0.1, 0.15) is 18.4 Å². The van der Waals surface area contributed by atoms with Crippen LogP contribution < -0.4 is 21.9 Å². The van der Waals surface area contributed by atoms with Gasteiger partial charge >= 0.3 is 5.69 Å². The number of benzene rings is 1. The van der Waals surface area contributed by atoms with Crippen LogP contribution in [0.5, 0.6) is 0 Å². The van der Waals surface area contributed by atoms with Crippen LogP contribution in [0.2, 0.25) is 0 Å². The van der Waals surface area contributed by atoms with Crippen molar-refractivity contribution in [3.8, 4) is 0 Å². The molecular weight excluding hydrogens is 424 g/mol. The minimum Gasteiger partial charge on any atom is -0.385 e. The maximum atomic E-state index is 13.2. The van der Waals surface area contributed by atoms with E-state index in [9.17, 15) is 22.8 Å². The van der Waals surface area contributed by atoms with E-state index in [2.05, 4.69) is 4.98 Å². The Morgan fingerprint density at radius 1 is 1.29 bits per heavy atom. The number of nitrogens with two attached hydrogens (primary N) is 1. The second kappa shape index (κ2) is 9.48. The fourth-order valence-electron chi connectivity index (χ4n) is 3.67. The Morgan fingerprint density at radius 2 is 2.00 bits per heavy atom. The quantitative estimate of drug-likeness (QED) is 0.537. The van der Waals surface area contributed by atoms with Crippen molar-refractivity contribution in [2.75, 3.05) is 42.4 Å². The molecule has 1 saturated heterocycles. The molecule has 3 rings (SSSR count). The zero-order valence-corrected chi connectivity index (χ0v) is 18.1. The average molecular weight is 451 g/mol. The summed E-state index contributed by atoms with van der Waals surface area (Å²) in [6.07, 6.45) is 0.585. The average Bonchev–Trinajstić information content (AvgIpc) is 3.10. The van der Waals surface area contributed by atoms with E-state index >= 15 is 0 Å². The third-order valence-electron chi connectivity index (χ3n) is 5.25. The highest BCUT2D eigenvalue weighted by atomic mass is 32.2. The molecule has 1 fully saturated rings. The summed E-state index contributed by atoms with van der Waals surface area (Å²) >= 11 is 0. The molecule has 1 aromatic heterocycles. The fourth-order valence-corrected chi connectivity index (χ4v) is 5.40. The number of aromatic nitrogens is 2. The SMILES string of the molecule is COCCCN(C(=O)C1CCS(=O)(=O)C1)c1c(N)n(Cc2ccccc2)c(=O)[nH]c1=O. The molecule has 2 aromatic rings.